The van der Waals surface area contributed by atoms with E-state index >= 15 is 0 Å². The van der Waals surface area contributed by atoms with Gasteiger partial charge in [-0.1, -0.05) is 12.1 Å². The first-order chi connectivity index (χ1) is 8.84. The minimum atomic E-state index is -0.497. The largest absolute Gasteiger partial charge is 0.480 e. The second-order valence-corrected chi connectivity index (χ2v) is 5.98. The number of halogens is 1. The summed E-state index contributed by atoms with van der Waals surface area (Å²) in [7, 11) is 0. The average molecular weight is 328 g/mol. The number of nitrogens with zero attached hydrogens (tertiary/aromatic N) is 1. The summed E-state index contributed by atoms with van der Waals surface area (Å²) in [5.74, 6) is 0.705. The molecule has 1 amide bonds. The van der Waals surface area contributed by atoms with Crippen molar-refractivity contribution in [2.24, 2.45) is 0 Å². The summed E-state index contributed by atoms with van der Waals surface area (Å²) >= 11 is 3.42. The fourth-order valence-electron chi connectivity index (χ4n) is 2.10. The minimum absolute atomic E-state index is 0.0146. The maximum absolute atomic E-state index is 12.4. The summed E-state index contributed by atoms with van der Waals surface area (Å²) in [4.78, 5) is 14.3. The van der Waals surface area contributed by atoms with Crippen molar-refractivity contribution in [1.82, 2.24) is 4.90 Å². The molecule has 0 aromatic heterocycles. The number of ether oxygens (including phenoxy) is 1. The van der Waals surface area contributed by atoms with Gasteiger partial charge in [-0.05, 0) is 62.7 Å². The average Bonchev–Trinajstić information content (AvgIpc) is 2.31. The standard InChI is InChI=1S/C15H22BrNO2/c1-10(2)17(11(3)4)15(18)12(5)19-14-9-7-6-8-13(14)16/h6-12H,1-5H3. The highest BCUT2D eigenvalue weighted by molar-refractivity contribution is 9.10. The first-order valence-corrected chi connectivity index (χ1v) is 7.37. The lowest BCUT2D eigenvalue weighted by Gasteiger charge is -2.33. The van der Waals surface area contributed by atoms with Crippen molar-refractivity contribution in [3.8, 4) is 5.75 Å². The molecule has 19 heavy (non-hydrogen) atoms. The third-order valence-electron chi connectivity index (χ3n) is 2.86. The van der Waals surface area contributed by atoms with E-state index < -0.39 is 6.10 Å². The molecule has 4 heteroatoms. The number of hydrogen-bond donors (Lipinski definition) is 0. The Kier molecular flexibility index (Phi) is 5.85. The molecule has 0 aliphatic rings. The van der Waals surface area contributed by atoms with Gasteiger partial charge < -0.3 is 9.64 Å². The van der Waals surface area contributed by atoms with Gasteiger partial charge in [0.05, 0.1) is 4.47 Å². The lowest BCUT2D eigenvalue weighted by molar-refractivity contribution is -0.141. The van der Waals surface area contributed by atoms with Gasteiger partial charge in [-0.2, -0.15) is 0 Å². The van der Waals surface area contributed by atoms with E-state index in [0.717, 1.165) is 4.47 Å². The Morgan fingerprint density at radius 1 is 1.11 bits per heavy atom. The molecule has 0 saturated carbocycles. The number of benzene rings is 1. The van der Waals surface area contributed by atoms with E-state index in [0.29, 0.717) is 5.75 Å². The Morgan fingerprint density at radius 3 is 2.11 bits per heavy atom. The highest BCUT2D eigenvalue weighted by atomic mass is 79.9. The summed E-state index contributed by atoms with van der Waals surface area (Å²) in [6.45, 7) is 9.86. The van der Waals surface area contributed by atoms with E-state index in [9.17, 15) is 4.79 Å². The van der Waals surface area contributed by atoms with Crippen LogP contribution in [-0.4, -0.2) is 29.0 Å². The quantitative estimate of drug-likeness (QED) is 0.821. The van der Waals surface area contributed by atoms with Gasteiger partial charge in [-0.15, -0.1) is 0 Å². The summed E-state index contributed by atoms with van der Waals surface area (Å²) in [6.07, 6.45) is -0.497. The van der Waals surface area contributed by atoms with Gasteiger partial charge in [0.15, 0.2) is 6.10 Å². The normalized spacial score (nSPS) is 12.6. The van der Waals surface area contributed by atoms with E-state index in [1.54, 1.807) is 6.92 Å². The number of hydrogen-bond acceptors (Lipinski definition) is 2. The van der Waals surface area contributed by atoms with Gasteiger partial charge in [-0.3, -0.25) is 4.79 Å². The van der Waals surface area contributed by atoms with Gasteiger partial charge >= 0.3 is 0 Å². The first kappa shape index (κ1) is 16.0. The maximum Gasteiger partial charge on any atom is 0.263 e. The molecule has 1 unspecified atom stereocenters. The fraction of sp³-hybridized carbons (Fsp3) is 0.533. The zero-order valence-corrected chi connectivity index (χ0v) is 13.8. The SMILES string of the molecule is CC(Oc1ccccc1Br)C(=O)N(C(C)C)C(C)C. The van der Waals surface area contributed by atoms with Crippen molar-refractivity contribution in [3.63, 3.8) is 0 Å². The van der Waals surface area contributed by atoms with Crippen molar-refractivity contribution in [2.45, 2.75) is 52.8 Å². The molecule has 0 heterocycles. The lowest BCUT2D eigenvalue weighted by Crippen LogP contribution is -2.48. The highest BCUT2D eigenvalue weighted by Crippen LogP contribution is 2.25. The van der Waals surface area contributed by atoms with Gasteiger partial charge in [0.1, 0.15) is 5.75 Å². The van der Waals surface area contributed by atoms with Crippen LogP contribution in [0.15, 0.2) is 28.7 Å². The lowest BCUT2D eigenvalue weighted by atomic mass is 10.2. The molecule has 1 rings (SSSR count). The molecule has 0 aliphatic heterocycles. The van der Waals surface area contributed by atoms with Crippen LogP contribution in [0.1, 0.15) is 34.6 Å². The van der Waals surface area contributed by atoms with Crippen LogP contribution in [0.25, 0.3) is 0 Å². The van der Waals surface area contributed by atoms with Crippen LogP contribution >= 0.6 is 15.9 Å². The van der Waals surface area contributed by atoms with Crippen molar-refractivity contribution >= 4 is 21.8 Å². The topological polar surface area (TPSA) is 29.5 Å². The molecule has 0 fully saturated rings. The summed E-state index contributed by atoms with van der Waals surface area (Å²) in [6, 6.07) is 7.88. The Labute approximate surface area is 124 Å². The van der Waals surface area contributed by atoms with Crippen LogP contribution in [0.4, 0.5) is 0 Å². The summed E-state index contributed by atoms with van der Waals surface area (Å²) < 4.78 is 6.61. The smallest absolute Gasteiger partial charge is 0.263 e. The van der Waals surface area contributed by atoms with Crippen LogP contribution in [0, 0.1) is 0 Å². The number of carbonyl (C=O) groups excluding carboxylic acids is 1. The van der Waals surface area contributed by atoms with E-state index in [2.05, 4.69) is 15.9 Å². The molecule has 0 N–H and O–H groups in total. The second-order valence-electron chi connectivity index (χ2n) is 5.12. The molecule has 1 aromatic carbocycles. The number of amides is 1. The van der Waals surface area contributed by atoms with Crippen LogP contribution in [0.3, 0.4) is 0 Å². The molecule has 0 saturated heterocycles. The molecule has 0 spiro atoms. The van der Waals surface area contributed by atoms with Crippen molar-refractivity contribution < 1.29 is 9.53 Å². The zero-order chi connectivity index (χ0) is 14.6. The molecule has 0 bridgehead atoms. The van der Waals surface area contributed by atoms with Crippen LogP contribution in [0.2, 0.25) is 0 Å². The van der Waals surface area contributed by atoms with Gasteiger partial charge in [0.25, 0.3) is 5.91 Å². The first-order valence-electron chi connectivity index (χ1n) is 6.58. The van der Waals surface area contributed by atoms with Gasteiger partial charge in [0.2, 0.25) is 0 Å². The third kappa shape index (κ3) is 4.23. The Morgan fingerprint density at radius 2 is 1.63 bits per heavy atom. The van der Waals surface area contributed by atoms with Crippen LogP contribution in [0.5, 0.6) is 5.75 Å². The molecule has 106 valence electrons. The van der Waals surface area contributed by atoms with E-state index in [1.807, 2.05) is 56.9 Å². The molecule has 0 radical (unpaired) electrons. The Hall–Kier alpha value is -1.03. The predicted molar refractivity (Wildman–Crippen MR) is 81.4 cm³/mol. The Bertz CT molecular complexity index is 424. The fourth-order valence-corrected chi connectivity index (χ4v) is 2.47. The number of carbonyl (C=O) groups is 1. The van der Waals surface area contributed by atoms with Crippen LogP contribution in [-0.2, 0) is 4.79 Å². The molecular weight excluding hydrogens is 306 g/mol. The Balaban J connectivity index is 2.80. The van der Waals surface area contributed by atoms with Crippen molar-refractivity contribution in [3.05, 3.63) is 28.7 Å². The van der Waals surface area contributed by atoms with Crippen LogP contribution < -0.4 is 4.74 Å². The summed E-state index contributed by atoms with van der Waals surface area (Å²) in [5, 5.41) is 0. The predicted octanol–water partition coefficient (Wildman–Crippen LogP) is 3.86. The zero-order valence-electron chi connectivity index (χ0n) is 12.2. The molecule has 3 nitrogen and oxygen atoms in total. The van der Waals surface area contributed by atoms with Crippen molar-refractivity contribution in [1.29, 1.82) is 0 Å². The number of para-hydroxylation sites is 1. The maximum atomic E-state index is 12.4. The highest BCUT2D eigenvalue weighted by Gasteiger charge is 2.26. The molecule has 1 aromatic rings. The third-order valence-corrected chi connectivity index (χ3v) is 3.51. The monoisotopic (exact) mass is 327 g/mol. The second kappa shape index (κ2) is 6.94. The summed E-state index contributed by atoms with van der Waals surface area (Å²) in [5.41, 5.74) is 0. The van der Waals surface area contributed by atoms with E-state index in [1.165, 1.54) is 0 Å². The van der Waals surface area contributed by atoms with E-state index in [-0.39, 0.29) is 18.0 Å². The van der Waals surface area contributed by atoms with Crippen molar-refractivity contribution in [2.75, 3.05) is 0 Å². The molecule has 0 aliphatic carbocycles. The number of rotatable bonds is 5. The molecular formula is C15H22BrNO2. The van der Waals surface area contributed by atoms with Gasteiger partial charge in [0, 0.05) is 12.1 Å². The molecule has 1 atom stereocenters. The minimum Gasteiger partial charge on any atom is -0.480 e. The van der Waals surface area contributed by atoms with E-state index in [4.69, 9.17) is 4.74 Å². The van der Waals surface area contributed by atoms with Gasteiger partial charge in [-0.25, -0.2) is 0 Å².